The second-order valence-electron chi connectivity index (χ2n) is 9.73. The van der Waals surface area contributed by atoms with Gasteiger partial charge in [0, 0.05) is 27.1 Å². The van der Waals surface area contributed by atoms with Gasteiger partial charge in [-0.15, -0.1) is 0 Å². The number of aromatic nitrogens is 1. The minimum absolute atomic E-state index is 0.128. The first-order valence-corrected chi connectivity index (χ1v) is 14.6. The number of amides is 1. The number of halogens is 1. The molecule has 2 heterocycles. The van der Waals surface area contributed by atoms with Gasteiger partial charge >= 0.3 is 5.91 Å². The molecule has 0 saturated carbocycles. The molecular formula is C34H32BrN3O5. The summed E-state index contributed by atoms with van der Waals surface area (Å²) in [5.41, 5.74) is 7.66. The van der Waals surface area contributed by atoms with Crippen molar-refractivity contribution in [2.45, 2.75) is 34.0 Å². The molecule has 0 fully saturated rings. The van der Waals surface area contributed by atoms with Gasteiger partial charge in [-0.1, -0.05) is 30.3 Å². The van der Waals surface area contributed by atoms with Crippen LogP contribution in [-0.4, -0.2) is 23.3 Å². The minimum Gasteiger partial charge on any atom is -0.490 e. The number of hydrogen-bond donors (Lipinski definition) is 1. The van der Waals surface area contributed by atoms with Crippen molar-refractivity contribution in [3.05, 3.63) is 130 Å². The highest BCUT2D eigenvalue weighted by atomic mass is 79.9. The summed E-state index contributed by atoms with van der Waals surface area (Å²) in [5.74, 6) is 2.05. The molecule has 5 rings (SSSR count). The Morgan fingerprint density at radius 2 is 1.60 bits per heavy atom. The Morgan fingerprint density at radius 3 is 2.33 bits per heavy atom. The smallest absolute Gasteiger partial charge is 0.307 e. The van der Waals surface area contributed by atoms with Crippen LogP contribution in [0.5, 0.6) is 17.2 Å². The highest BCUT2D eigenvalue weighted by Gasteiger charge is 2.13. The molecule has 1 N–H and O–H groups in total. The van der Waals surface area contributed by atoms with Crippen LogP contribution in [0.2, 0.25) is 0 Å². The van der Waals surface area contributed by atoms with E-state index < -0.39 is 5.91 Å². The lowest BCUT2D eigenvalue weighted by Gasteiger charge is -2.14. The van der Waals surface area contributed by atoms with Gasteiger partial charge in [-0.05, 0) is 103 Å². The Balaban J connectivity index is 1.16. The Labute approximate surface area is 259 Å². The molecule has 0 aliphatic heterocycles. The number of nitrogens with one attached hydrogen (secondary N) is 1. The first-order valence-electron chi connectivity index (χ1n) is 13.8. The number of carbonyl (C=O) groups excluding carboxylic acids is 1. The fourth-order valence-corrected chi connectivity index (χ4v) is 4.91. The van der Waals surface area contributed by atoms with Crippen LogP contribution in [0.1, 0.15) is 45.8 Å². The molecule has 220 valence electrons. The fraction of sp³-hybridized carbons (Fsp3) is 0.176. The summed E-state index contributed by atoms with van der Waals surface area (Å²) >= 11 is 3.56. The number of hydrogen-bond acceptors (Lipinski definition) is 6. The van der Waals surface area contributed by atoms with Crippen LogP contribution in [0.15, 0.2) is 105 Å². The third kappa shape index (κ3) is 7.55. The Kier molecular flexibility index (Phi) is 9.63. The number of aryl methyl sites for hydroxylation is 2. The molecule has 1 amide bonds. The highest BCUT2D eigenvalue weighted by Crippen LogP contribution is 2.34. The van der Waals surface area contributed by atoms with Gasteiger partial charge in [0.25, 0.3) is 0 Å². The molecule has 0 spiro atoms. The average molecular weight is 643 g/mol. The molecular weight excluding hydrogens is 610 g/mol. The van der Waals surface area contributed by atoms with Crippen LogP contribution < -0.4 is 19.6 Å². The number of hydrazone groups is 1. The van der Waals surface area contributed by atoms with Crippen molar-refractivity contribution in [3.8, 4) is 22.9 Å². The molecule has 5 aromatic rings. The first-order chi connectivity index (χ1) is 20.9. The van der Waals surface area contributed by atoms with E-state index in [0.29, 0.717) is 41.8 Å². The number of nitrogens with zero attached hydrogens (tertiary/aromatic N) is 2. The number of benzene rings is 3. The molecule has 0 saturated heterocycles. The minimum atomic E-state index is -0.478. The molecule has 2 aromatic heterocycles. The van der Waals surface area contributed by atoms with E-state index in [4.69, 9.17) is 18.6 Å². The first kappa shape index (κ1) is 29.7. The Bertz CT molecular complexity index is 1690. The molecule has 0 unspecified atom stereocenters. The maximum atomic E-state index is 12.6. The summed E-state index contributed by atoms with van der Waals surface area (Å²) in [6, 6.07) is 28.9. The van der Waals surface area contributed by atoms with Gasteiger partial charge in [0.15, 0.2) is 17.3 Å². The summed E-state index contributed by atoms with van der Waals surface area (Å²) in [4.78, 5) is 12.6. The number of ether oxygens (including phenoxy) is 3. The molecule has 0 aliphatic carbocycles. The Hall–Kier alpha value is -4.76. The van der Waals surface area contributed by atoms with Gasteiger partial charge in [0.05, 0.1) is 12.8 Å². The van der Waals surface area contributed by atoms with Gasteiger partial charge in [-0.25, -0.2) is 5.43 Å². The van der Waals surface area contributed by atoms with Crippen molar-refractivity contribution in [2.75, 3.05) is 6.61 Å². The Morgan fingerprint density at radius 1 is 0.884 bits per heavy atom. The summed E-state index contributed by atoms with van der Waals surface area (Å²) in [7, 11) is 0. The summed E-state index contributed by atoms with van der Waals surface area (Å²) < 4.78 is 26.2. The van der Waals surface area contributed by atoms with E-state index >= 15 is 0 Å². The van der Waals surface area contributed by atoms with E-state index in [9.17, 15) is 4.79 Å². The highest BCUT2D eigenvalue weighted by molar-refractivity contribution is 9.10. The molecule has 3 aromatic carbocycles. The quantitative estimate of drug-likeness (QED) is 0.111. The topological polar surface area (TPSA) is 87.2 Å². The normalized spacial score (nSPS) is 11.1. The third-order valence-corrected chi connectivity index (χ3v) is 7.29. The van der Waals surface area contributed by atoms with Crippen LogP contribution >= 0.6 is 15.9 Å². The average Bonchev–Trinajstić information content (AvgIpc) is 3.63. The number of carbonyl (C=O) groups is 1. The van der Waals surface area contributed by atoms with Gasteiger partial charge in [0.2, 0.25) is 0 Å². The number of rotatable bonds is 12. The van der Waals surface area contributed by atoms with Crippen molar-refractivity contribution in [1.29, 1.82) is 0 Å². The predicted octanol–water partition coefficient (Wildman–Crippen LogP) is 7.77. The van der Waals surface area contributed by atoms with Crippen molar-refractivity contribution in [1.82, 2.24) is 9.99 Å². The SMILES string of the molecule is CCOc1cc(/C=N/NC(=O)c2ccc(COc3ccc(-n4c(C)ccc4C)cc3)o2)c(Br)cc1OCc1ccccc1. The zero-order chi connectivity index (χ0) is 30.2. The second kappa shape index (κ2) is 13.9. The molecule has 9 heteroatoms. The maximum absolute atomic E-state index is 12.6. The molecule has 8 nitrogen and oxygen atoms in total. The lowest BCUT2D eigenvalue weighted by molar-refractivity contribution is 0.0923. The van der Waals surface area contributed by atoms with Crippen LogP contribution in [0.3, 0.4) is 0 Å². The fourth-order valence-electron chi connectivity index (χ4n) is 4.48. The molecule has 0 aliphatic rings. The third-order valence-electron chi connectivity index (χ3n) is 6.60. The molecule has 0 bridgehead atoms. The largest absolute Gasteiger partial charge is 0.490 e. The summed E-state index contributed by atoms with van der Waals surface area (Å²) in [6.45, 7) is 7.12. The standard InChI is InChI=1S/C34H32BrN3O5/c1-4-40-32-18-26(30(35)19-33(32)42-21-25-8-6-5-7-9-25)20-36-37-34(39)31-17-16-29(43-31)22-41-28-14-12-27(13-15-28)38-23(2)10-11-24(38)3/h5-20H,4,21-22H2,1-3H3,(H,37,39)/b36-20+. The predicted molar refractivity (Wildman–Crippen MR) is 169 cm³/mol. The van der Waals surface area contributed by atoms with E-state index in [1.165, 1.54) is 17.6 Å². The summed E-state index contributed by atoms with van der Waals surface area (Å²) in [6.07, 6.45) is 1.53. The van der Waals surface area contributed by atoms with Gasteiger partial charge in [0.1, 0.15) is 24.7 Å². The zero-order valence-corrected chi connectivity index (χ0v) is 25.8. The van der Waals surface area contributed by atoms with Gasteiger partial charge in [-0.2, -0.15) is 5.10 Å². The zero-order valence-electron chi connectivity index (χ0n) is 24.2. The lowest BCUT2D eigenvalue weighted by Crippen LogP contribution is -2.16. The van der Waals surface area contributed by atoms with Crippen molar-refractivity contribution in [2.24, 2.45) is 5.10 Å². The second-order valence-corrected chi connectivity index (χ2v) is 10.6. The van der Waals surface area contributed by atoms with E-state index in [-0.39, 0.29) is 12.4 Å². The maximum Gasteiger partial charge on any atom is 0.307 e. The van der Waals surface area contributed by atoms with Crippen LogP contribution in [0, 0.1) is 13.8 Å². The monoisotopic (exact) mass is 641 g/mol. The van der Waals surface area contributed by atoms with E-state index in [1.54, 1.807) is 18.2 Å². The van der Waals surface area contributed by atoms with Gasteiger partial charge < -0.3 is 23.2 Å². The van der Waals surface area contributed by atoms with Crippen molar-refractivity contribution in [3.63, 3.8) is 0 Å². The molecule has 43 heavy (non-hydrogen) atoms. The van der Waals surface area contributed by atoms with Crippen molar-refractivity contribution >= 4 is 28.1 Å². The lowest BCUT2D eigenvalue weighted by atomic mass is 10.2. The van der Waals surface area contributed by atoms with E-state index in [1.807, 2.05) is 67.6 Å². The van der Waals surface area contributed by atoms with Crippen LogP contribution in [-0.2, 0) is 13.2 Å². The van der Waals surface area contributed by atoms with Gasteiger partial charge in [-0.3, -0.25) is 4.79 Å². The molecule has 0 radical (unpaired) electrons. The van der Waals surface area contributed by atoms with Crippen LogP contribution in [0.25, 0.3) is 5.69 Å². The van der Waals surface area contributed by atoms with E-state index in [0.717, 1.165) is 15.7 Å². The summed E-state index contributed by atoms with van der Waals surface area (Å²) in [5, 5.41) is 4.10. The number of furan rings is 1. The molecule has 0 atom stereocenters. The van der Waals surface area contributed by atoms with Crippen LogP contribution in [0.4, 0.5) is 0 Å². The van der Waals surface area contributed by atoms with E-state index in [2.05, 4.69) is 57.0 Å². The van der Waals surface area contributed by atoms with Crippen molar-refractivity contribution < 1.29 is 23.4 Å².